The smallest absolute Gasteiger partial charge is 0.262 e. The second-order valence-corrected chi connectivity index (χ2v) is 8.68. The fourth-order valence-corrected chi connectivity index (χ4v) is 4.22. The molecule has 0 bridgehead atoms. The van der Waals surface area contributed by atoms with E-state index in [9.17, 15) is 13.2 Å². The van der Waals surface area contributed by atoms with Crippen molar-refractivity contribution < 1.29 is 13.2 Å². The van der Waals surface area contributed by atoms with Gasteiger partial charge in [0, 0.05) is 29.3 Å². The average molecular weight is 417 g/mol. The summed E-state index contributed by atoms with van der Waals surface area (Å²) in [6, 6.07) is 2.67. The molecule has 0 aromatic heterocycles. The third kappa shape index (κ3) is 4.84. The number of rotatable bonds is 5. The summed E-state index contributed by atoms with van der Waals surface area (Å²) in [5.41, 5.74) is 0.199. The molecule has 1 aromatic rings. The highest BCUT2D eigenvalue weighted by atomic mass is 79.9. The van der Waals surface area contributed by atoms with Crippen LogP contribution in [0.3, 0.4) is 0 Å². The van der Waals surface area contributed by atoms with E-state index in [0.717, 1.165) is 0 Å². The molecule has 118 valence electrons. The molecule has 0 atom stereocenters. The van der Waals surface area contributed by atoms with Crippen molar-refractivity contribution in [2.45, 2.75) is 25.7 Å². The largest absolute Gasteiger partial charge is 0.339 e. The third-order valence-electron chi connectivity index (χ3n) is 2.76. The highest BCUT2D eigenvalue weighted by molar-refractivity contribution is 9.10. The first-order chi connectivity index (χ1) is 9.57. The molecule has 0 saturated heterocycles. The molecular weight excluding hydrogens is 401 g/mol. The Labute approximate surface area is 143 Å². The van der Waals surface area contributed by atoms with Gasteiger partial charge in [0.1, 0.15) is 0 Å². The van der Waals surface area contributed by atoms with Crippen molar-refractivity contribution in [3.63, 3.8) is 0 Å². The molecule has 8 heteroatoms. The molecule has 0 spiro atoms. The van der Waals surface area contributed by atoms with Crippen LogP contribution in [0.15, 0.2) is 21.5 Å². The van der Waals surface area contributed by atoms with Crippen molar-refractivity contribution in [1.29, 1.82) is 0 Å². The molecule has 1 amide bonds. The summed E-state index contributed by atoms with van der Waals surface area (Å²) in [6.07, 6.45) is 0. The number of hydrogen-bond donors (Lipinski definition) is 0. The zero-order chi connectivity index (χ0) is 16.4. The lowest BCUT2D eigenvalue weighted by Crippen LogP contribution is -2.34. The molecule has 0 saturated carbocycles. The zero-order valence-corrected chi connectivity index (χ0v) is 15.8. The second kappa shape index (κ2) is 7.31. The normalized spacial score (nSPS) is 11.8. The predicted octanol–water partition coefficient (Wildman–Crippen LogP) is 4.15. The number of hydrogen-bond acceptors (Lipinski definition) is 3. The monoisotopic (exact) mass is 415 g/mol. The summed E-state index contributed by atoms with van der Waals surface area (Å²) < 4.78 is 23.3. The molecule has 1 rings (SSSR count). The van der Waals surface area contributed by atoms with Crippen LogP contribution in [0.2, 0.25) is 5.02 Å². The van der Waals surface area contributed by atoms with Crippen LogP contribution in [0.25, 0.3) is 0 Å². The minimum Gasteiger partial charge on any atom is -0.339 e. The first-order valence-electron chi connectivity index (χ1n) is 6.30. The summed E-state index contributed by atoms with van der Waals surface area (Å²) in [5, 5.41) is 0.126. The lowest BCUT2D eigenvalue weighted by atomic mass is 10.1. The molecule has 0 aliphatic rings. The number of amides is 1. The minimum atomic E-state index is -4.00. The van der Waals surface area contributed by atoms with E-state index in [2.05, 4.69) is 15.9 Å². The highest BCUT2D eigenvalue weighted by Crippen LogP contribution is 2.33. The fourth-order valence-electron chi connectivity index (χ4n) is 1.84. The summed E-state index contributed by atoms with van der Waals surface area (Å²) >= 11 is 9.06. The lowest BCUT2D eigenvalue weighted by molar-refractivity contribution is 0.0745. The molecule has 0 aliphatic heterocycles. The molecule has 0 heterocycles. The van der Waals surface area contributed by atoms with E-state index in [0.29, 0.717) is 19.0 Å². The van der Waals surface area contributed by atoms with E-state index in [-0.39, 0.29) is 25.9 Å². The molecule has 0 radical (unpaired) electrons. The van der Waals surface area contributed by atoms with Crippen molar-refractivity contribution in [3.8, 4) is 0 Å². The quantitative estimate of drug-likeness (QED) is 0.677. The molecule has 0 N–H and O–H groups in total. The van der Waals surface area contributed by atoms with Crippen LogP contribution >= 0.6 is 38.2 Å². The first-order valence-corrected chi connectivity index (χ1v) is 9.78. The second-order valence-electron chi connectivity index (χ2n) is 4.95. The zero-order valence-electron chi connectivity index (χ0n) is 11.9. The number of carbonyl (C=O) groups excluding carboxylic acids is 1. The van der Waals surface area contributed by atoms with Crippen LogP contribution in [0.5, 0.6) is 0 Å². The predicted molar refractivity (Wildman–Crippen MR) is 88.6 cm³/mol. The number of nitrogens with zero attached hydrogens (tertiary/aromatic N) is 1. The van der Waals surface area contributed by atoms with E-state index in [1.807, 2.05) is 20.8 Å². The highest BCUT2D eigenvalue weighted by Gasteiger charge is 2.23. The van der Waals surface area contributed by atoms with E-state index in [1.54, 1.807) is 4.90 Å². The van der Waals surface area contributed by atoms with Crippen LogP contribution in [-0.4, -0.2) is 32.3 Å². The Bertz CT molecular complexity index is 647. The van der Waals surface area contributed by atoms with E-state index in [4.69, 9.17) is 22.3 Å². The first kappa shape index (κ1) is 18.7. The van der Waals surface area contributed by atoms with E-state index >= 15 is 0 Å². The van der Waals surface area contributed by atoms with E-state index < -0.39 is 9.05 Å². The van der Waals surface area contributed by atoms with Crippen molar-refractivity contribution >= 4 is 53.2 Å². The number of benzene rings is 1. The lowest BCUT2D eigenvalue weighted by Gasteiger charge is -2.23. The number of halogens is 3. The SMILES string of the molecule is CCN(CC(C)C)C(=O)c1cc(Cl)c(Br)c(S(=O)(=O)Cl)c1. The van der Waals surface area contributed by atoms with Gasteiger partial charge in [-0.1, -0.05) is 25.4 Å². The van der Waals surface area contributed by atoms with E-state index in [1.165, 1.54) is 12.1 Å². The maximum atomic E-state index is 12.5. The maximum absolute atomic E-state index is 12.5. The summed E-state index contributed by atoms with van der Waals surface area (Å²) in [5.74, 6) is 0.0261. The van der Waals surface area contributed by atoms with Gasteiger partial charge in [-0.25, -0.2) is 8.42 Å². The Morgan fingerprint density at radius 3 is 2.38 bits per heavy atom. The van der Waals surface area contributed by atoms with Gasteiger partial charge in [0.25, 0.3) is 15.0 Å². The standard InChI is InChI=1S/C13H16BrCl2NO3S/c1-4-17(7-8(2)3)13(18)9-5-10(15)12(14)11(6-9)21(16,19)20/h5-6,8H,4,7H2,1-3H3. The minimum absolute atomic E-state index is 0.126. The van der Waals surface area contributed by atoms with Gasteiger partial charge < -0.3 is 4.90 Å². The van der Waals surface area contributed by atoms with Crippen LogP contribution in [0.4, 0.5) is 0 Å². The van der Waals surface area contributed by atoms with Gasteiger partial charge in [0.05, 0.1) is 14.4 Å². The van der Waals surface area contributed by atoms with Gasteiger partial charge in [0.15, 0.2) is 0 Å². The molecule has 4 nitrogen and oxygen atoms in total. The van der Waals surface area contributed by atoms with Crippen LogP contribution < -0.4 is 0 Å². The molecule has 0 aliphatic carbocycles. The Kier molecular flexibility index (Phi) is 6.53. The van der Waals surface area contributed by atoms with Crippen LogP contribution in [-0.2, 0) is 9.05 Å². The third-order valence-corrected chi connectivity index (χ3v) is 5.75. The van der Waals surface area contributed by atoms with Crippen molar-refractivity contribution in [1.82, 2.24) is 4.90 Å². The van der Waals surface area contributed by atoms with Gasteiger partial charge >= 0.3 is 0 Å². The summed E-state index contributed by atoms with van der Waals surface area (Å²) in [6.45, 7) is 6.96. The number of carbonyl (C=O) groups is 1. The van der Waals surface area contributed by atoms with Gasteiger partial charge in [-0.2, -0.15) is 0 Å². The topological polar surface area (TPSA) is 54.5 Å². The molecule has 0 fully saturated rings. The van der Waals surface area contributed by atoms with Gasteiger partial charge in [0.2, 0.25) is 0 Å². The van der Waals surface area contributed by atoms with Crippen molar-refractivity contribution in [2.24, 2.45) is 5.92 Å². The maximum Gasteiger partial charge on any atom is 0.262 e. The molecule has 1 aromatic carbocycles. The van der Waals surface area contributed by atoms with Gasteiger partial charge in [-0.05, 0) is 40.9 Å². The molecule has 21 heavy (non-hydrogen) atoms. The average Bonchev–Trinajstić information content (AvgIpc) is 2.36. The summed E-state index contributed by atoms with van der Waals surface area (Å²) in [4.78, 5) is 13.9. The molecular formula is C13H16BrCl2NO3S. The fraction of sp³-hybridized carbons (Fsp3) is 0.462. The van der Waals surface area contributed by atoms with Crippen LogP contribution in [0, 0.1) is 5.92 Å². The van der Waals surface area contributed by atoms with Gasteiger partial charge in [-0.15, -0.1) is 0 Å². The van der Waals surface area contributed by atoms with Crippen molar-refractivity contribution in [2.75, 3.05) is 13.1 Å². The van der Waals surface area contributed by atoms with Crippen molar-refractivity contribution in [3.05, 3.63) is 27.2 Å². The van der Waals surface area contributed by atoms with Gasteiger partial charge in [-0.3, -0.25) is 4.79 Å². The Morgan fingerprint density at radius 2 is 1.95 bits per heavy atom. The van der Waals surface area contributed by atoms with Crippen LogP contribution in [0.1, 0.15) is 31.1 Å². The molecule has 0 unspecified atom stereocenters. The Hall–Kier alpha value is -0.300. The summed E-state index contributed by atoms with van der Waals surface area (Å²) in [7, 11) is 1.37. The Morgan fingerprint density at radius 1 is 1.38 bits per heavy atom. The Balaban J connectivity index is 3.31.